The van der Waals surface area contributed by atoms with Crippen LogP contribution in [-0.2, 0) is 9.53 Å². The van der Waals surface area contributed by atoms with Crippen LogP contribution in [0.5, 0.6) is 0 Å². The van der Waals surface area contributed by atoms with Crippen molar-refractivity contribution in [1.82, 2.24) is 10.1 Å². The molecule has 1 aliphatic heterocycles. The van der Waals surface area contributed by atoms with Gasteiger partial charge in [-0.25, -0.2) is 4.79 Å². The van der Waals surface area contributed by atoms with Crippen molar-refractivity contribution < 1.29 is 24.0 Å². The molecule has 1 saturated heterocycles. The number of carbonyl (C=O) groups excluding carboxylic acids is 1. The van der Waals surface area contributed by atoms with Gasteiger partial charge in [0.15, 0.2) is 11.9 Å². The number of nitrogens with zero attached hydrogens (tertiary/aromatic N) is 2. The molecule has 1 aromatic heterocycles. The van der Waals surface area contributed by atoms with Crippen LogP contribution in [0.1, 0.15) is 48.5 Å². The van der Waals surface area contributed by atoms with Crippen molar-refractivity contribution in [3.8, 4) is 0 Å². The molecule has 0 aromatic carbocycles. The van der Waals surface area contributed by atoms with Gasteiger partial charge in [-0.15, -0.1) is 0 Å². The van der Waals surface area contributed by atoms with Crippen LogP contribution in [0.15, 0.2) is 4.52 Å². The van der Waals surface area contributed by atoms with Crippen LogP contribution in [-0.4, -0.2) is 52.3 Å². The highest BCUT2D eigenvalue weighted by atomic mass is 16.5. The summed E-state index contributed by atoms with van der Waals surface area (Å²) in [5.74, 6) is -0.758. The molecule has 1 amide bonds. The first kappa shape index (κ1) is 15.5. The lowest BCUT2D eigenvalue weighted by Crippen LogP contribution is -2.52. The number of carboxylic acid groups (broad SMARTS) is 1. The molecule has 21 heavy (non-hydrogen) atoms. The molecule has 1 aliphatic rings. The monoisotopic (exact) mass is 296 g/mol. The summed E-state index contributed by atoms with van der Waals surface area (Å²) in [7, 11) is 0. The quantitative estimate of drug-likeness (QED) is 0.906. The predicted octanol–water partition coefficient (Wildman–Crippen LogP) is 1.42. The third kappa shape index (κ3) is 3.07. The van der Waals surface area contributed by atoms with Crippen LogP contribution >= 0.6 is 0 Å². The van der Waals surface area contributed by atoms with Gasteiger partial charge in [-0.3, -0.25) is 4.79 Å². The number of ether oxygens (including phenoxy) is 1. The average Bonchev–Trinajstić information content (AvgIpc) is 2.79. The van der Waals surface area contributed by atoms with E-state index in [0.717, 1.165) is 0 Å². The van der Waals surface area contributed by atoms with Gasteiger partial charge >= 0.3 is 5.97 Å². The fraction of sp³-hybridized carbons (Fsp3) is 0.643. The van der Waals surface area contributed by atoms with Crippen LogP contribution in [0.4, 0.5) is 0 Å². The summed E-state index contributed by atoms with van der Waals surface area (Å²) in [6, 6.07) is 0. The van der Waals surface area contributed by atoms with Crippen molar-refractivity contribution in [3.63, 3.8) is 0 Å². The standard InChI is InChI=1S/C14H20N2O5/c1-7(2)12-11(9(4)15-21-12)13(17)16-5-8(3)20-10(6-16)14(18)19/h7-8,10H,5-6H2,1-4H3,(H,18,19)/t8-,10?/m1/s1. The Morgan fingerprint density at radius 3 is 2.62 bits per heavy atom. The van der Waals surface area contributed by atoms with Crippen molar-refractivity contribution in [2.75, 3.05) is 13.1 Å². The minimum atomic E-state index is -1.06. The Balaban J connectivity index is 2.27. The van der Waals surface area contributed by atoms with Gasteiger partial charge in [0.2, 0.25) is 0 Å². The van der Waals surface area contributed by atoms with Crippen LogP contribution < -0.4 is 0 Å². The molecule has 1 aromatic rings. The first-order valence-electron chi connectivity index (χ1n) is 6.95. The molecule has 0 spiro atoms. The number of aliphatic carboxylic acids is 1. The zero-order chi connectivity index (χ0) is 15.7. The molecule has 116 valence electrons. The fourth-order valence-electron chi connectivity index (χ4n) is 2.45. The highest BCUT2D eigenvalue weighted by molar-refractivity contribution is 5.96. The van der Waals surface area contributed by atoms with E-state index in [4.69, 9.17) is 14.4 Å². The lowest BCUT2D eigenvalue weighted by atomic mass is 10.0. The van der Waals surface area contributed by atoms with Crippen molar-refractivity contribution in [2.45, 2.75) is 45.8 Å². The summed E-state index contributed by atoms with van der Waals surface area (Å²) in [5.41, 5.74) is 0.956. The van der Waals surface area contributed by atoms with E-state index >= 15 is 0 Å². The number of carboxylic acids is 1. The zero-order valence-electron chi connectivity index (χ0n) is 12.6. The molecule has 7 heteroatoms. The van der Waals surface area contributed by atoms with E-state index in [1.807, 2.05) is 13.8 Å². The third-order valence-electron chi connectivity index (χ3n) is 3.45. The smallest absolute Gasteiger partial charge is 0.334 e. The molecule has 1 N–H and O–H groups in total. The van der Waals surface area contributed by atoms with Crippen LogP contribution in [0.2, 0.25) is 0 Å². The average molecular weight is 296 g/mol. The van der Waals surface area contributed by atoms with Gasteiger partial charge in [0.1, 0.15) is 5.56 Å². The van der Waals surface area contributed by atoms with Crippen LogP contribution in [0, 0.1) is 6.92 Å². The van der Waals surface area contributed by atoms with E-state index in [2.05, 4.69) is 5.16 Å². The van der Waals surface area contributed by atoms with Crippen molar-refractivity contribution in [2.24, 2.45) is 0 Å². The number of carbonyl (C=O) groups is 2. The van der Waals surface area contributed by atoms with Crippen molar-refractivity contribution >= 4 is 11.9 Å². The number of rotatable bonds is 3. The van der Waals surface area contributed by atoms with Gasteiger partial charge in [-0.2, -0.15) is 0 Å². The Labute approximate surface area is 122 Å². The summed E-state index contributed by atoms with van der Waals surface area (Å²) in [4.78, 5) is 25.3. The summed E-state index contributed by atoms with van der Waals surface area (Å²) < 4.78 is 10.5. The van der Waals surface area contributed by atoms with Gasteiger partial charge in [-0.1, -0.05) is 19.0 Å². The molecule has 0 aliphatic carbocycles. The van der Waals surface area contributed by atoms with E-state index in [-0.39, 0.29) is 24.5 Å². The first-order valence-corrected chi connectivity index (χ1v) is 6.95. The van der Waals surface area contributed by atoms with Gasteiger partial charge in [0.25, 0.3) is 5.91 Å². The van der Waals surface area contributed by atoms with Gasteiger partial charge < -0.3 is 19.3 Å². The number of aromatic nitrogens is 1. The first-order chi connectivity index (χ1) is 9.81. The molecule has 0 radical (unpaired) electrons. The second-order valence-electron chi connectivity index (χ2n) is 5.65. The normalized spacial score (nSPS) is 22.6. The van der Waals surface area contributed by atoms with Crippen LogP contribution in [0.3, 0.4) is 0 Å². The second-order valence-corrected chi connectivity index (χ2v) is 5.65. The molecule has 1 fully saturated rings. The predicted molar refractivity (Wildman–Crippen MR) is 73.2 cm³/mol. The number of morpholine rings is 1. The molecule has 2 heterocycles. The number of aryl methyl sites for hydroxylation is 1. The summed E-state index contributed by atoms with van der Waals surface area (Å²) in [5, 5.41) is 12.9. The SMILES string of the molecule is Cc1noc(C(C)C)c1C(=O)N1CC(C(=O)O)O[C@H](C)C1. The van der Waals surface area contributed by atoms with E-state index in [9.17, 15) is 9.59 Å². The largest absolute Gasteiger partial charge is 0.479 e. The number of hydrogen-bond acceptors (Lipinski definition) is 5. The third-order valence-corrected chi connectivity index (χ3v) is 3.45. The number of amides is 1. The maximum absolute atomic E-state index is 12.7. The van der Waals surface area contributed by atoms with Gasteiger partial charge in [0, 0.05) is 12.5 Å². The lowest BCUT2D eigenvalue weighted by Gasteiger charge is -2.35. The molecular weight excluding hydrogens is 276 g/mol. The highest BCUT2D eigenvalue weighted by Crippen LogP contribution is 2.25. The van der Waals surface area contributed by atoms with E-state index in [1.165, 1.54) is 4.90 Å². The van der Waals surface area contributed by atoms with E-state index in [0.29, 0.717) is 23.6 Å². The second kappa shape index (κ2) is 5.85. The van der Waals surface area contributed by atoms with Crippen molar-refractivity contribution in [1.29, 1.82) is 0 Å². The minimum Gasteiger partial charge on any atom is -0.479 e. The molecule has 2 rings (SSSR count). The molecular formula is C14H20N2O5. The Morgan fingerprint density at radius 2 is 2.05 bits per heavy atom. The van der Waals surface area contributed by atoms with E-state index < -0.39 is 12.1 Å². The maximum atomic E-state index is 12.7. The Kier molecular flexibility index (Phi) is 4.32. The fourth-order valence-corrected chi connectivity index (χ4v) is 2.45. The summed E-state index contributed by atoms with van der Waals surface area (Å²) >= 11 is 0. The Bertz CT molecular complexity index is 552. The lowest BCUT2D eigenvalue weighted by molar-refractivity contribution is -0.160. The molecule has 0 bridgehead atoms. The molecule has 7 nitrogen and oxygen atoms in total. The highest BCUT2D eigenvalue weighted by Gasteiger charge is 2.35. The maximum Gasteiger partial charge on any atom is 0.334 e. The van der Waals surface area contributed by atoms with Crippen LogP contribution in [0.25, 0.3) is 0 Å². The molecule has 1 unspecified atom stereocenters. The van der Waals surface area contributed by atoms with Crippen molar-refractivity contribution in [3.05, 3.63) is 17.0 Å². The minimum absolute atomic E-state index is 0.0267. The molecule has 2 atom stereocenters. The number of hydrogen-bond donors (Lipinski definition) is 1. The Hall–Kier alpha value is -1.89. The summed E-state index contributed by atoms with van der Waals surface area (Å²) in [6.45, 7) is 7.67. The Morgan fingerprint density at radius 1 is 1.38 bits per heavy atom. The van der Waals surface area contributed by atoms with E-state index in [1.54, 1.807) is 13.8 Å². The zero-order valence-corrected chi connectivity index (χ0v) is 12.6. The molecule has 0 saturated carbocycles. The summed E-state index contributed by atoms with van der Waals surface area (Å²) in [6.07, 6.45) is -1.33. The topological polar surface area (TPSA) is 92.9 Å². The van der Waals surface area contributed by atoms with Gasteiger partial charge in [-0.05, 0) is 13.8 Å². The van der Waals surface area contributed by atoms with Gasteiger partial charge in [0.05, 0.1) is 18.3 Å².